The summed E-state index contributed by atoms with van der Waals surface area (Å²) in [5, 5.41) is 2.17. The van der Waals surface area contributed by atoms with Gasteiger partial charge in [-0.1, -0.05) is 57.9 Å². The number of anilines is 1. The summed E-state index contributed by atoms with van der Waals surface area (Å²) in [7, 11) is 0. The van der Waals surface area contributed by atoms with Crippen molar-refractivity contribution in [3.8, 4) is 5.75 Å². The fourth-order valence-corrected chi connectivity index (χ4v) is 4.99. The van der Waals surface area contributed by atoms with E-state index in [0.717, 1.165) is 26.7 Å². The van der Waals surface area contributed by atoms with Crippen molar-refractivity contribution in [1.82, 2.24) is 4.90 Å². The highest BCUT2D eigenvalue weighted by Gasteiger charge is 2.36. The molecule has 11 heteroatoms. The lowest BCUT2D eigenvalue weighted by Gasteiger charge is -2.13. The Morgan fingerprint density at radius 3 is 2.59 bits per heavy atom. The summed E-state index contributed by atoms with van der Waals surface area (Å²) in [6.45, 7) is 1.65. The van der Waals surface area contributed by atoms with Gasteiger partial charge in [0.2, 0.25) is 5.91 Å². The summed E-state index contributed by atoms with van der Waals surface area (Å²) in [6, 6.07) is 19.3. The molecular weight excluding hydrogens is 608 g/mol. The van der Waals surface area contributed by atoms with E-state index in [1.54, 1.807) is 25.1 Å². The number of carbonyl (C=O) groups excluding carboxylic acids is 4. The molecule has 200 valence electrons. The number of carbonyl (C=O) groups is 4. The molecule has 1 saturated heterocycles. The minimum atomic E-state index is -0.630. The van der Waals surface area contributed by atoms with Crippen molar-refractivity contribution in [1.29, 1.82) is 0 Å². The predicted molar refractivity (Wildman–Crippen MR) is 154 cm³/mol. The number of hydrogen-bond acceptors (Lipinski definition) is 7. The maximum atomic E-state index is 13.0. The summed E-state index contributed by atoms with van der Waals surface area (Å²) in [6.07, 6.45) is 1.57. The van der Waals surface area contributed by atoms with Crippen molar-refractivity contribution in [3.05, 3.63) is 97.8 Å². The Hall–Kier alpha value is -3.60. The van der Waals surface area contributed by atoms with Gasteiger partial charge in [-0.2, -0.15) is 0 Å². The first kappa shape index (κ1) is 28.4. The minimum Gasteiger partial charge on any atom is -0.488 e. The third kappa shape index (κ3) is 7.29. The number of rotatable bonds is 9. The third-order valence-electron chi connectivity index (χ3n) is 5.42. The maximum absolute atomic E-state index is 13.0. The summed E-state index contributed by atoms with van der Waals surface area (Å²) in [4.78, 5) is 51.4. The van der Waals surface area contributed by atoms with E-state index < -0.39 is 29.6 Å². The second-order valence-electron chi connectivity index (χ2n) is 8.19. The molecule has 0 bridgehead atoms. The first-order valence-electron chi connectivity index (χ1n) is 11.7. The number of ether oxygens (including phenoxy) is 2. The molecule has 39 heavy (non-hydrogen) atoms. The molecule has 1 fully saturated rings. The van der Waals surface area contributed by atoms with Crippen LogP contribution in [0.4, 0.5) is 10.5 Å². The normalized spacial score (nSPS) is 14.0. The molecule has 0 spiro atoms. The first-order valence-corrected chi connectivity index (χ1v) is 13.7. The van der Waals surface area contributed by atoms with E-state index in [4.69, 9.17) is 21.1 Å². The van der Waals surface area contributed by atoms with Crippen LogP contribution in [0.3, 0.4) is 0 Å². The van der Waals surface area contributed by atoms with Crippen LogP contribution in [0.15, 0.2) is 76.1 Å². The zero-order valence-electron chi connectivity index (χ0n) is 20.6. The Bertz CT molecular complexity index is 1460. The van der Waals surface area contributed by atoms with Gasteiger partial charge in [0.1, 0.15) is 18.9 Å². The van der Waals surface area contributed by atoms with Gasteiger partial charge in [0.05, 0.1) is 22.1 Å². The number of amides is 3. The highest BCUT2D eigenvalue weighted by molar-refractivity contribution is 9.10. The van der Waals surface area contributed by atoms with Crippen LogP contribution in [-0.4, -0.2) is 41.1 Å². The Morgan fingerprint density at radius 1 is 1.08 bits per heavy atom. The summed E-state index contributed by atoms with van der Waals surface area (Å²) < 4.78 is 11.7. The average Bonchev–Trinajstić information content (AvgIpc) is 3.17. The van der Waals surface area contributed by atoms with E-state index in [1.165, 1.54) is 18.2 Å². The molecule has 3 amide bonds. The smallest absolute Gasteiger partial charge is 0.339 e. The van der Waals surface area contributed by atoms with Gasteiger partial charge in [-0.05, 0) is 66.7 Å². The van der Waals surface area contributed by atoms with Gasteiger partial charge in [0, 0.05) is 15.7 Å². The zero-order chi connectivity index (χ0) is 27.9. The number of nitrogens with one attached hydrogen (secondary N) is 1. The maximum Gasteiger partial charge on any atom is 0.339 e. The van der Waals surface area contributed by atoms with Gasteiger partial charge < -0.3 is 14.8 Å². The molecule has 0 unspecified atom stereocenters. The van der Waals surface area contributed by atoms with Crippen LogP contribution in [0, 0.1) is 0 Å². The predicted octanol–water partition coefficient (Wildman–Crippen LogP) is 6.53. The van der Waals surface area contributed by atoms with Gasteiger partial charge >= 0.3 is 5.97 Å². The molecule has 1 N–H and O–H groups in total. The fourth-order valence-electron chi connectivity index (χ4n) is 3.59. The highest BCUT2D eigenvalue weighted by Crippen LogP contribution is 2.35. The fraction of sp³-hybridized carbons (Fsp3) is 0.143. The quantitative estimate of drug-likeness (QED) is 0.212. The van der Waals surface area contributed by atoms with Crippen LogP contribution in [0.1, 0.15) is 28.4 Å². The van der Waals surface area contributed by atoms with E-state index in [1.807, 2.05) is 36.4 Å². The van der Waals surface area contributed by atoms with E-state index in [-0.39, 0.29) is 27.8 Å². The second kappa shape index (κ2) is 13.0. The Labute approximate surface area is 242 Å². The molecule has 0 aliphatic carbocycles. The average molecular weight is 630 g/mol. The molecule has 3 aromatic carbocycles. The third-order valence-corrected chi connectivity index (χ3v) is 7.15. The van der Waals surface area contributed by atoms with E-state index in [2.05, 4.69) is 21.2 Å². The summed E-state index contributed by atoms with van der Waals surface area (Å²) in [5.41, 5.74) is 1.93. The summed E-state index contributed by atoms with van der Waals surface area (Å²) >= 11 is 10.2. The Morgan fingerprint density at radius 2 is 1.85 bits per heavy atom. The Balaban J connectivity index is 1.46. The number of benzene rings is 3. The van der Waals surface area contributed by atoms with Gasteiger partial charge in [-0.25, -0.2) is 4.79 Å². The SMILES string of the molecule is CCOC(=O)c1cc(NC(=O)CN2C(=O)S/C(=C\c3cc(Br)ccc3OCc3ccccc3)C2=O)ccc1Cl. The van der Waals surface area contributed by atoms with E-state index in [0.29, 0.717) is 17.9 Å². The number of nitrogens with zero attached hydrogens (tertiary/aromatic N) is 1. The minimum absolute atomic E-state index is 0.0877. The van der Waals surface area contributed by atoms with Crippen LogP contribution in [0.25, 0.3) is 6.08 Å². The van der Waals surface area contributed by atoms with E-state index >= 15 is 0 Å². The largest absolute Gasteiger partial charge is 0.488 e. The molecule has 0 radical (unpaired) electrons. The van der Waals surface area contributed by atoms with Crippen molar-refractivity contribution in [2.24, 2.45) is 0 Å². The highest BCUT2D eigenvalue weighted by atomic mass is 79.9. The molecule has 8 nitrogen and oxygen atoms in total. The van der Waals surface area contributed by atoms with Gasteiger partial charge in [0.15, 0.2) is 0 Å². The molecule has 0 aromatic heterocycles. The Kier molecular flexibility index (Phi) is 9.45. The molecule has 1 aliphatic heterocycles. The van der Waals surface area contributed by atoms with Crippen molar-refractivity contribution >= 4 is 74.1 Å². The molecule has 1 heterocycles. The van der Waals surface area contributed by atoms with Crippen LogP contribution in [0.2, 0.25) is 5.02 Å². The van der Waals surface area contributed by atoms with Crippen molar-refractivity contribution in [2.45, 2.75) is 13.5 Å². The lowest BCUT2D eigenvalue weighted by Crippen LogP contribution is -2.36. The number of imide groups is 1. The first-order chi connectivity index (χ1) is 18.7. The lowest BCUT2D eigenvalue weighted by atomic mass is 10.1. The molecule has 4 rings (SSSR count). The molecule has 3 aromatic rings. The zero-order valence-corrected chi connectivity index (χ0v) is 23.8. The number of hydrogen-bond donors (Lipinski definition) is 1. The van der Waals surface area contributed by atoms with Crippen molar-refractivity contribution < 1.29 is 28.7 Å². The van der Waals surface area contributed by atoms with Gasteiger partial charge in [-0.3, -0.25) is 19.3 Å². The molecule has 1 aliphatic rings. The van der Waals surface area contributed by atoms with Crippen LogP contribution in [0.5, 0.6) is 5.75 Å². The molecular formula is C28H22BrClN2O6S. The standard InChI is InChI=1S/C28H22BrClN2O6S/c1-2-37-27(35)21-14-20(9-10-22(21)30)31-25(33)15-32-26(34)24(39-28(32)36)13-18-12-19(29)8-11-23(18)38-16-17-6-4-3-5-7-17/h3-14H,2,15-16H2,1H3,(H,31,33)/b24-13-. The number of esters is 1. The number of halogens is 2. The molecule has 0 saturated carbocycles. The van der Waals surface area contributed by atoms with Crippen LogP contribution in [-0.2, 0) is 20.9 Å². The van der Waals surface area contributed by atoms with Gasteiger partial charge in [-0.15, -0.1) is 0 Å². The van der Waals surface area contributed by atoms with Crippen LogP contribution < -0.4 is 10.1 Å². The number of thioether (sulfide) groups is 1. The second-order valence-corrected chi connectivity index (χ2v) is 10.5. The monoisotopic (exact) mass is 628 g/mol. The molecule has 0 atom stereocenters. The van der Waals surface area contributed by atoms with Crippen molar-refractivity contribution in [2.75, 3.05) is 18.5 Å². The van der Waals surface area contributed by atoms with Crippen molar-refractivity contribution in [3.63, 3.8) is 0 Å². The topological polar surface area (TPSA) is 102 Å². The summed E-state index contributed by atoms with van der Waals surface area (Å²) in [5.74, 6) is -1.32. The lowest BCUT2D eigenvalue weighted by molar-refractivity contribution is -0.127. The van der Waals surface area contributed by atoms with Gasteiger partial charge in [0.25, 0.3) is 11.1 Å². The van der Waals surface area contributed by atoms with Crippen LogP contribution >= 0.6 is 39.3 Å². The van der Waals surface area contributed by atoms with E-state index in [9.17, 15) is 19.2 Å².